The predicted molar refractivity (Wildman–Crippen MR) is 44.2 cm³/mol. The van der Waals surface area contributed by atoms with E-state index in [1.807, 2.05) is 0 Å². The number of carbonyl (C=O) groups excluding carboxylic acids is 1. The van der Waals surface area contributed by atoms with Gasteiger partial charge in [-0.1, -0.05) is 0 Å². The van der Waals surface area contributed by atoms with Crippen LogP contribution < -0.4 is 16.9 Å². The molecule has 0 saturated heterocycles. The normalized spacial score (nSPS) is 9.42. The molecule has 1 rings (SSSR count). The zero-order chi connectivity index (χ0) is 9.14. The standard InChI is InChI=1S/C6H7N4O2/c7-5-4(6(8)11)1-3(10-12)2-9-5/h1-2,10H,(H2,7,9)(H2,8,11)/q-1. The molecule has 1 aromatic rings. The van der Waals surface area contributed by atoms with Crippen molar-refractivity contribution in [3.8, 4) is 0 Å². The molecule has 0 bridgehead atoms. The van der Waals surface area contributed by atoms with Crippen LogP contribution >= 0.6 is 0 Å². The monoisotopic (exact) mass is 167 g/mol. The average Bonchev–Trinajstić information content (AvgIpc) is 2.05. The minimum Gasteiger partial charge on any atom is -0.761 e. The summed E-state index contributed by atoms with van der Waals surface area (Å²) >= 11 is 0. The minimum atomic E-state index is -0.711. The molecular formula is C6H7N4O2-. The highest BCUT2D eigenvalue weighted by molar-refractivity contribution is 5.97. The molecule has 1 heterocycles. The fourth-order valence-electron chi connectivity index (χ4n) is 0.729. The summed E-state index contributed by atoms with van der Waals surface area (Å²) in [7, 11) is 0. The molecule has 1 aromatic heterocycles. The zero-order valence-electron chi connectivity index (χ0n) is 6.07. The summed E-state index contributed by atoms with van der Waals surface area (Å²) in [5.74, 6) is -0.696. The van der Waals surface area contributed by atoms with Gasteiger partial charge in [0.15, 0.2) is 0 Å². The Morgan fingerprint density at radius 2 is 2.33 bits per heavy atom. The second-order valence-electron chi connectivity index (χ2n) is 2.12. The Hall–Kier alpha value is -1.82. The van der Waals surface area contributed by atoms with Crippen molar-refractivity contribution in [2.24, 2.45) is 5.73 Å². The molecule has 0 spiro atoms. The second kappa shape index (κ2) is 3.05. The van der Waals surface area contributed by atoms with Crippen molar-refractivity contribution in [2.45, 2.75) is 0 Å². The highest BCUT2D eigenvalue weighted by atomic mass is 16.5. The molecule has 0 radical (unpaired) electrons. The van der Waals surface area contributed by atoms with Crippen molar-refractivity contribution in [1.82, 2.24) is 4.98 Å². The van der Waals surface area contributed by atoms with Crippen LogP contribution in [0.1, 0.15) is 10.4 Å². The van der Waals surface area contributed by atoms with E-state index in [1.54, 1.807) is 5.48 Å². The van der Waals surface area contributed by atoms with Crippen molar-refractivity contribution >= 4 is 17.4 Å². The summed E-state index contributed by atoms with van der Waals surface area (Å²) in [6.07, 6.45) is 1.22. The number of nitrogen functional groups attached to an aromatic ring is 1. The lowest BCUT2D eigenvalue weighted by Crippen LogP contribution is -2.14. The number of carbonyl (C=O) groups is 1. The lowest BCUT2D eigenvalue weighted by atomic mass is 10.2. The van der Waals surface area contributed by atoms with Crippen LogP contribution in [-0.2, 0) is 0 Å². The number of primary amides is 1. The van der Waals surface area contributed by atoms with Gasteiger partial charge < -0.3 is 22.2 Å². The average molecular weight is 167 g/mol. The van der Waals surface area contributed by atoms with Crippen molar-refractivity contribution in [3.05, 3.63) is 23.0 Å². The Balaban J connectivity index is 3.17. The number of nitrogens with one attached hydrogen (secondary N) is 1. The number of nitrogens with two attached hydrogens (primary N) is 2. The van der Waals surface area contributed by atoms with Gasteiger partial charge in [-0.15, -0.1) is 0 Å². The summed E-state index contributed by atoms with van der Waals surface area (Å²) in [5, 5.41) is 10.1. The lowest BCUT2D eigenvalue weighted by Gasteiger charge is -2.09. The van der Waals surface area contributed by atoms with Crippen LogP contribution in [0, 0.1) is 5.21 Å². The maximum atomic E-state index is 10.7. The van der Waals surface area contributed by atoms with Crippen LogP contribution in [-0.4, -0.2) is 10.9 Å². The maximum Gasteiger partial charge on any atom is 0.252 e. The number of rotatable bonds is 2. The van der Waals surface area contributed by atoms with E-state index in [4.69, 9.17) is 11.5 Å². The molecule has 0 aliphatic heterocycles. The number of hydrogen-bond acceptors (Lipinski definition) is 5. The summed E-state index contributed by atoms with van der Waals surface area (Å²) in [6, 6.07) is 1.25. The lowest BCUT2D eigenvalue weighted by molar-refractivity contribution is 0.100. The molecule has 12 heavy (non-hydrogen) atoms. The first-order valence-corrected chi connectivity index (χ1v) is 3.08. The van der Waals surface area contributed by atoms with E-state index in [9.17, 15) is 10.0 Å². The van der Waals surface area contributed by atoms with E-state index in [-0.39, 0.29) is 17.1 Å². The third-order valence-electron chi connectivity index (χ3n) is 1.30. The first-order valence-electron chi connectivity index (χ1n) is 3.08. The van der Waals surface area contributed by atoms with Gasteiger partial charge in [0.1, 0.15) is 5.82 Å². The highest BCUT2D eigenvalue weighted by Gasteiger charge is 2.06. The molecule has 0 aliphatic rings. The quantitative estimate of drug-likeness (QED) is 0.521. The number of anilines is 2. The number of hydrogen-bond donors (Lipinski definition) is 3. The summed E-state index contributed by atoms with van der Waals surface area (Å²) in [6.45, 7) is 0. The van der Waals surface area contributed by atoms with Gasteiger partial charge in [0, 0.05) is 5.69 Å². The SMILES string of the molecule is NC(=O)c1cc(N[O-])cnc1N. The van der Waals surface area contributed by atoms with Gasteiger partial charge in [0.25, 0.3) is 5.91 Å². The second-order valence-corrected chi connectivity index (χ2v) is 2.12. The fraction of sp³-hybridized carbons (Fsp3) is 0. The first kappa shape index (κ1) is 8.28. The summed E-state index contributed by atoms with van der Waals surface area (Å²) in [5.41, 5.74) is 12.0. The molecule has 0 unspecified atom stereocenters. The fourth-order valence-corrected chi connectivity index (χ4v) is 0.729. The van der Waals surface area contributed by atoms with Crippen LogP contribution in [0.3, 0.4) is 0 Å². The zero-order valence-corrected chi connectivity index (χ0v) is 6.07. The van der Waals surface area contributed by atoms with Gasteiger partial charge in [-0.25, -0.2) is 4.98 Å². The Morgan fingerprint density at radius 1 is 1.67 bits per heavy atom. The van der Waals surface area contributed by atoms with Gasteiger partial charge >= 0.3 is 0 Å². The van der Waals surface area contributed by atoms with E-state index in [1.165, 1.54) is 12.3 Å². The highest BCUT2D eigenvalue weighted by Crippen LogP contribution is 2.13. The van der Waals surface area contributed by atoms with E-state index >= 15 is 0 Å². The molecule has 0 fully saturated rings. The molecule has 0 aromatic carbocycles. The van der Waals surface area contributed by atoms with Crippen molar-refractivity contribution in [3.63, 3.8) is 0 Å². The van der Waals surface area contributed by atoms with Crippen LogP contribution in [0.5, 0.6) is 0 Å². The van der Waals surface area contributed by atoms with E-state index in [0.717, 1.165) is 0 Å². The minimum absolute atomic E-state index is 0.0153. The Bertz CT molecular complexity index is 312. The van der Waals surface area contributed by atoms with Gasteiger partial charge in [0.2, 0.25) is 0 Å². The molecule has 0 aliphatic carbocycles. The predicted octanol–water partition coefficient (Wildman–Crippen LogP) is -0.328. The molecule has 5 N–H and O–H groups in total. The molecule has 1 amide bonds. The third kappa shape index (κ3) is 1.43. The molecule has 0 saturated carbocycles. The van der Waals surface area contributed by atoms with Crippen LogP contribution in [0.15, 0.2) is 12.3 Å². The summed E-state index contributed by atoms with van der Waals surface area (Å²) < 4.78 is 0. The van der Waals surface area contributed by atoms with Crippen molar-refractivity contribution < 1.29 is 4.79 Å². The molecule has 0 atom stereocenters. The molecule has 64 valence electrons. The maximum absolute atomic E-state index is 10.7. The smallest absolute Gasteiger partial charge is 0.252 e. The number of pyridine rings is 1. The number of nitrogens with zero attached hydrogens (tertiary/aromatic N) is 1. The van der Waals surface area contributed by atoms with Crippen LogP contribution in [0.25, 0.3) is 0 Å². The Kier molecular flexibility index (Phi) is 2.11. The van der Waals surface area contributed by atoms with E-state index < -0.39 is 5.91 Å². The van der Waals surface area contributed by atoms with E-state index in [0.29, 0.717) is 0 Å². The van der Waals surface area contributed by atoms with Crippen molar-refractivity contribution in [1.29, 1.82) is 0 Å². The Morgan fingerprint density at radius 3 is 2.83 bits per heavy atom. The van der Waals surface area contributed by atoms with Gasteiger partial charge in [-0.2, -0.15) is 0 Å². The third-order valence-corrected chi connectivity index (χ3v) is 1.30. The molecular weight excluding hydrogens is 160 g/mol. The number of aromatic nitrogens is 1. The van der Waals surface area contributed by atoms with E-state index in [2.05, 4.69) is 4.98 Å². The number of amides is 1. The summed E-state index contributed by atoms with van der Waals surface area (Å²) in [4.78, 5) is 14.2. The van der Waals surface area contributed by atoms with Gasteiger partial charge in [-0.3, -0.25) is 4.79 Å². The van der Waals surface area contributed by atoms with Crippen LogP contribution in [0.2, 0.25) is 0 Å². The van der Waals surface area contributed by atoms with Crippen LogP contribution in [0.4, 0.5) is 11.5 Å². The molecule has 6 nitrogen and oxygen atoms in total. The van der Waals surface area contributed by atoms with Gasteiger partial charge in [-0.05, 0) is 6.07 Å². The first-order chi connectivity index (χ1) is 5.65. The topological polar surface area (TPSA) is 117 Å². The van der Waals surface area contributed by atoms with Gasteiger partial charge in [0.05, 0.1) is 11.8 Å². The molecule has 6 heteroatoms. The Labute approximate surface area is 68.2 Å². The largest absolute Gasteiger partial charge is 0.761 e. The van der Waals surface area contributed by atoms with Crippen molar-refractivity contribution in [2.75, 3.05) is 11.2 Å².